The Morgan fingerprint density at radius 2 is 2.23 bits per heavy atom. The normalized spacial score (nSPS) is 25.4. The third-order valence-electron chi connectivity index (χ3n) is 3.18. The minimum Gasteiger partial charge on any atom is -0.307 e. The number of nitrogens with zero attached hydrogens (tertiary/aromatic N) is 2. The van der Waals surface area contributed by atoms with E-state index in [-0.39, 0.29) is 0 Å². The van der Waals surface area contributed by atoms with E-state index in [0.29, 0.717) is 0 Å². The first kappa shape index (κ1) is 11.0. The quantitative estimate of drug-likeness (QED) is 0.656. The molecule has 0 aliphatic carbocycles. The van der Waals surface area contributed by atoms with Gasteiger partial charge in [-0.05, 0) is 58.9 Å². The highest BCUT2D eigenvalue weighted by Gasteiger charge is 2.16. The molecule has 1 saturated heterocycles. The first-order chi connectivity index (χ1) is 6.22. The molecule has 0 aromatic carbocycles. The Balaban J connectivity index is 2.13. The number of piperidine rings is 1. The predicted octanol–water partition coefficient (Wildman–Crippen LogP) is 1.67. The van der Waals surface area contributed by atoms with E-state index in [1.807, 2.05) is 0 Å². The monoisotopic (exact) mass is 184 g/mol. The van der Waals surface area contributed by atoms with Gasteiger partial charge in [0.2, 0.25) is 0 Å². The summed E-state index contributed by atoms with van der Waals surface area (Å²) in [6.45, 7) is 7.31. The third kappa shape index (κ3) is 4.10. The highest BCUT2D eigenvalue weighted by molar-refractivity contribution is 4.71. The maximum atomic E-state index is 2.47. The molecule has 0 saturated carbocycles. The predicted molar refractivity (Wildman–Crippen MR) is 58.0 cm³/mol. The SMILES string of the molecule is CCN(C)CCC1CCCN(C)C1. The molecule has 13 heavy (non-hydrogen) atoms. The van der Waals surface area contributed by atoms with E-state index in [0.717, 1.165) is 5.92 Å². The fourth-order valence-electron chi connectivity index (χ4n) is 2.07. The number of rotatable bonds is 4. The summed E-state index contributed by atoms with van der Waals surface area (Å²) in [5, 5.41) is 0. The van der Waals surface area contributed by atoms with E-state index >= 15 is 0 Å². The number of hydrogen-bond donors (Lipinski definition) is 0. The van der Waals surface area contributed by atoms with Crippen LogP contribution in [0.25, 0.3) is 0 Å². The number of likely N-dealkylation sites (tertiary alicyclic amines) is 1. The molecule has 0 aromatic rings. The molecule has 2 heteroatoms. The molecule has 0 aromatic heterocycles. The fraction of sp³-hybridized carbons (Fsp3) is 1.00. The van der Waals surface area contributed by atoms with Crippen LogP contribution in [0.1, 0.15) is 26.2 Å². The van der Waals surface area contributed by atoms with Crippen molar-refractivity contribution >= 4 is 0 Å². The molecule has 0 radical (unpaired) electrons. The summed E-state index contributed by atoms with van der Waals surface area (Å²) in [5.41, 5.74) is 0. The molecule has 1 atom stereocenters. The van der Waals surface area contributed by atoms with E-state index in [1.54, 1.807) is 0 Å². The van der Waals surface area contributed by atoms with Crippen molar-refractivity contribution in [2.45, 2.75) is 26.2 Å². The lowest BCUT2D eigenvalue weighted by Gasteiger charge is -2.30. The first-order valence-corrected chi connectivity index (χ1v) is 5.59. The van der Waals surface area contributed by atoms with Crippen molar-refractivity contribution in [2.24, 2.45) is 5.92 Å². The van der Waals surface area contributed by atoms with Gasteiger partial charge in [0.05, 0.1) is 0 Å². The van der Waals surface area contributed by atoms with Gasteiger partial charge in [-0.1, -0.05) is 6.92 Å². The second-order valence-corrected chi connectivity index (χ2v) is 4.46. The van der Waals surface area contributed by atoms with E-state index < -0.39 is 0 Å². The lowest BCUT2D eigenvalue weighted by Crippen LogP contribution is -2.33. The summed E-state index contributed by atoms with van der Waals surface area (Å²) in [6.07, 6.45) is 4.23. The Hall–Kier alpha value is -0.0800. The molecule has 1 unspecified atom stereocenters. The van der Waals surface area contributed by atoms with Gasteiger partial charge in [-0.3, -0.25) is 0 Å². The largest absolute Gasteiger partial charge is 0.307 e. The smallest absolute Gasteiger partial charge is 0.000709 e. The Morgan fingerprint density at radius 3 is 2.85 bits per heavy atom. The van der Waals surface area contributed by atoms with Crippen LogP contribution >= 0.6 is 0 Å². The van der Waals surface area contributed by atoms with Crippen LogP contribution in [-0.2, 0) is 0 Å². The molecule has 78 valence electrons. The number of hydrogen-bond acceptors (Lipinski definition) is 2. The maximum absolute atomic E-state index is 2.47. The average molecular weight is 184 g/mol. The van der Waals surface area contributed by atoms with E-state index in [1.165, 1.54) is 45.4 Å². The van der Waals surface area contributed by atoms with Gasteiger partial charge in [0.25, 0.3) is 0 Å². The van der Waals surface area contributed by atoms with Crippen molar-refractivity contribution < 1.29 is 0 Å². The second-order valence-electron chi connectivity index (χ2n) is 4.46. The van der Waals surface area contributed by atoms with Crippen molar-refractivity contribution in [2.75, 3.05) is 40.3 Å². The van der Waals surface area contributed by atoms with Crippen LogP contribution < -0.4 is 0 Å². The average Bonchev–Trinajstić information content (AvgIpc) is 2.14. The molecule has 0 N–H and O–H groups in total. The van der Waals surface area contributed by atoms with Crippen molar-refractivity contribution in [3.63, 3.8) is 0 Å². The zero-order valence-electron chi connectivity index (χ0n) is 9.42. The van der Waals surface area contributed by atoms with Gasteiger partial charge >= 0.3 is 0 Å². The van der Waals surface area contributed by atoms with Gasteiger partial charge in [-0.25, -0.2) is 0 Å². The highest BCUT2D eigenvalue weighted by Crippen LogP contribution is 2.18. The van der Waals surface area contributed by atoms with Crippen molar-refractivity contribution in [1.82, 2.24) is 9.80 Å². The summed E-state index contributed by atoms with van der Waals surface area (Å²) in [6, 6.07) is 0. The van der Waals surface area contributed by atoms with Crippen LogP contribution in [0, 0.1) is 5.92 Å². The second kappa shape index (κ2) is 5.61. The molecule has 0 amide bonds. The summed E-state index contributed by atoms with van der Waals surface area (Å²) in [5.74, 6) is 0.952. The molecule has 1 aliphatic rings. The molecule has 1 rings (SSSR count). The molecular weight excluding hydrogens is 160 g/mol. The summed E-state index contributed by atoms with van der Waals surface area (Å²) in [4.78, 5) is 4.88. The topological polar surface area (TPSA) is 6.48 Å². The standard InChI is InChI=1S/C11H24N2/c1-4-12(2)9-7-11-6-5-8-13(3)10-11/h11H,4-10H2,1-3H3. The van der Waals surface area contributed by atoms with Gasteiger partial charge in [0.15, 0.2) is 0 Å². The zero-order chi connectivity index (χ0) is 9.68. The van der Waals surface area contributed by atoms with Crippen LogP contribution in [0.2, 0.25) is 0 Å². The van der Waals surface area contributed by atoms with Gasteiger partial charge in [-0.15, -0.1) is 0 Å². The van der Waals surface area contributed by atoms with E-state index in [4.69, 9.17) is 0 Å². The molecule has 1 heterocycles. The van der Waals surface area contributed by atoms with Gasteiger partial charge in [0.1, 0.15) is 0 Å². The summed E-state index contributed by atoms with van der Waals surface area (Å²) < 4.78 is 0. The molecule has 0 spiro atoms. The Bertz CT molecular complexity index is 136. The van der Waals surface area contributed by atoms with Crippen LogP contribution in [0.3, 0.4) is 0 Å². The van der Waals surface area contributed by atoms with Crippen LogP contribution in [0.15, 0.2) is 0 Å². The Kier molecular flexibility index (Phi) is 4.74. The van der Waals surface area contributed by atoms with Gasteiger partial charge in [-0.2, -0.15) is 0 Å². The lowest BCUT2D eigenvalue weighted by molar-refractivity contribution is 0.187. The summed E-state index contributed by atoms with van der Waals surface area (Å²) in [7, 11) is 4.46. The van der Waals surface area contributed by atoms with Gasteiger partial charge in [0, 0.05) is 6.54 Å². The molecule has 1 aliphatic heterocycles. The van der Waals surface area contributed by atoms with Crippen LogP contribution in [0.4, 0.5) is 0 Å². The van der Waals surface area contributed by atoms with E-state index in [9.17, 15) is 0 Å². The fourth-order valence-corrected chi connectivity index (χ4v) is 2.07. The maximum Gasteiger partial charge on any atom is 0.000709 e. The zero-order valence-corrected chi connectivity index (χ0v) is 9.42. The summed E-state index contributed by atoms with van der Waals surface area (Å²) >= 11 is 0. The van der Waals surface area contributed by atoms with Crippen molar-refractivity contribution in [1.29, 1.82) is 0 Å². The van der Waals surface area contributed by atoms with Gasteiger partial charge < -0.3 is 9.80 Å². The minimum atomic E-state index is 0.952. The minimum absolute atomic E-state index is 0.952. The molecular formula is C11H24N2. The highest BCUT2D eigenvalue weighted by atomic mass is 15.1. The third-order valence-corrected chi connectivity index (χ3v) is 3.18. The molecule has 1 fully saturated rings. The van der Waals surface area contributed by atoms with Crippen LogP contribution in [-0.4, -0.2) is 50.1 Å². The van der Waals surface area contributed by atoms with Crippen molar-refractivity contribution in [3.8, 4) is 0 Å². The molecule has 0 bridgehead atoms. The first-order valence-electron chi connectivity index (χ1n) is 5.59. The Labute approximate surface area is 82.9 Å². The van der Waals surface area contributed by atoms with Crippen molar-refractivity contribution in [3.05, 3.63) is 0 Å². The molecule has 2 nitrogen and oxygen atoms in total. The van der Waals surface area contributed by atoms with Crippen LogP contribution in [0.5, 0.6) is 0 Å². The van der Waals surface area contributed by atoms with E-state index in [2.05, 4.69) is 30.8 Å². The lowest BCUT2D eigenvalue weighted by atomic mass is 9.95. The Morgan fingerprint density at radius 1 is 1.46 bits per heavy atom.